The van der Waals surface area contributed by atoms with E-state index in [0.29, 0.717) is 6.54 Å². The number of ketones is 1. The molecule has 1 saturated heterocycles. The molecule has 0 spiro atoms. The van der Waals surface area contributed by atoms with Crippen LogP contribution in [0.25, 0.3) is 0 Å². The standard InChI is InChI=1S/C10H19NO2/c1-9-4-3-5-11(6-9)7-10(12)8-13-2/h9H,3-8H2,1-2H3. The highest BCUT2D eigenvalue weighted by Gasteiger charge is 2.17. The normalized spacial score (nSPS) is 24.6. The van der Waals surface area contributed by atoms with E-state index in [-0.39, 0.29) is 12.4 Å². The van der Waals surface area contributed by atoms with Gasteiger partial charge in [0.1, 0.15) is 6.61 Å². The highest BCUT2D eigenvalue weighted by atomic mass is 16.5. The summed E-state index contributed by atoms with van der Waals surface area (Å²) in [6, 6.07) is 0. The molecule has 3 nitrogen and oxygen atoms in total. The second kappa shape index (κ2) is 5.35. The van der Waals surface area contributed by atoms with Crippen LogP contribution < -0.4 is 0 Å². The molecule has 76 valence electrons. The Morgan fingerprint density at radius 2 is 2.38 bits per heavy atom. The van der Waals surface area contributed by atoms with E-state index in [1.807, 2.05) is 0 Å². The lowest BCUT2D eigenvalue weighted by molar-refractivity contribution is -0.124. The first-order chi connectivity index (χ1) is 6.22. The maximum Gasteiger partial charge on any atom is 0.172 e. The molecular weight excluding hydrogens is 166 g/mol. The van der Waals surface area contributed by atoms with Gasteiger partial charge in [-0.15, -0.1) is 0 Å². The number of hydrogen-bond donors (Lipinski definition) is 0. The Balaban J connectivity index is 2.23. The van der Waals surface area contributed by atoms with Crippen LogP contribution in [0, 0.1) is 5.92 Å². The summed E-state index contributed by atoms with van der Waals surface area (Å²) in [5.74, 6) is 0.931. The first-order valence-electron chi connectivity index (χ1n) is 4.95. The minimum absolute atomic E-state index is 0.191. The number of piperidine rings is 1. The highest BCUT2D eigenvalue weighted by molar-refractivity contribution is 5.81. The molecule has 1 atom stereocenters. The minimum atomic E-state index is 0.191. The number of methoxy groups -OCH3 is 1. The third-order valence-electron chi connectivity index (χ3n) is 2.45. The van der Waals surface area contributed by atoms with Crippen molar-refractivity contribution in [3.05, 3.63) is 0 Å². The van der Waals surface area contributed by atoms with Crippen LogP contribution in [0.4, 0.5) is 0 Å². The molecule has 0 radical (unpaired) electrons. The summed E-state index contributed by atoms with van der Waals surface area (Å²) in [5, 5.41) is 0. The molecule has 0 amide bonds. The van der Waals surface area contributed by atoms with Gasteiger partial charge in [0.15, 0.2) is 5.78 Å². The van der Waals surface area contributed by atoms with E-state index in [1.165, 1.54) is 12.8 Å². The Kier molecular flexibility index (Phi) is 4.39. The van der Waals surface area contributed by atoms with Crippen LogP contribution in [0.2, 0.25) is 0 Å². The molecule has 0 N–H and O–H groups in total. The molecule has 1 aliphatic heterocycles. The number of carbonyl (C=O) groups excluding carboxylic acids is 1. The van der Waals surface area contributed by atoms with E-state index < -0.39 is 0 Å². The second-order valence-electron chi connectivity index (χ2n) is 3.95. The molecule has 3 heteroatoms. The van der Waals surface area contributed by atoms with Gasteiger partial charge in [-0.1, -0.05) is 6.92 Å². The van der Waals surface area contributed by atoms with Gasteiger partial charge >= 0.3 is 0 Å². The van der Waals surface area contributed by atoms with Gasteiger partial charge in [-0.2, -0.15) is 0 Å². The topological polar surface area (TPSA) is 29.5 Å². The fourth-order valence-electron chi connectivity index (χ4n) is 1.89. The van der Waals surface area contributed by atoms with Crippen molar-refractivity contribution in [3.63, 3.8) is 0 Å². The molecule has 1 rings (SSSR count). The summed E-state index contributed by atoms with van der Waals surface area (Å²) in [4.78, 5) is 13.5. The van der Waals surface area contributed by atoms with Gasteiger partial charge in [0, 0.05) is 13.7 Å². The van der Waals surface area contributed by atoms with Crippen molar-refractivity contribution in [1.29, 1.82) is 0 Å². The minimum Gasteiger partial charge on any atom is -0.377 e. The molecule has 0 aromatic heterocycles. The fraction of sp³-hybridized carbons (Fsp3) is 0.900. The van der Waals surface area contributed by atoms with Crippen molar-refractivity contribution in [2.24, 2.45) is 5.92 Å². The largest absolute Gasteiger partial charge is 0.377 e. The Bertz CT molecular complexity index is 170. The van der Waals surface area contributed by atoms with Gasteiger partial charge < -0.3 is 4.74 Å². The molecular formula is C10H19NO2. The van der Waals surface area contributed by atoms with Crippen molar-refractivity contribution in [1.82, 2.24) is 4.90 Å². The molecule has 1 heterocycles. The molecule has 0 aromatic carbocycles. The van der Waals surface area contributed by atoms with E-state index in [2.05, 4.69) is 11.8 Å². The number of hydrogen-bond acceptors (Lipinski definition) is 3. The maximum absolute atomic E-state index is 11.3. The Morgan fingerprint density at radius 1 is 1.62 bits per heavy atom. The summed E-state index contributed by atoms with van der Waals surface area (Å²) in [7, 11) is 1.57. The number of Topliss-reactive ketones (excluding diaryl/α,β-unsaturated/α-hetero) is 1. The summed E-state index contributed by atoms with van der Waals surface area (Å²) >= 11 is 0. The Morgan fingerprint density at radius 3 is 3.00 bits per heavy atom. The summed E-state index contributed by atoms with van der Waals surface area (Å²) < 4.78 is 4.80. The van der Waals surface area contributed by atoms with Gasteiger partial charge in [0.2, 0.25) is 0 Å². The SMILES string of the molecule is COCC(=O)CN1CCCC(C)C1. The number of carbonyl (C=O) groups is 1. The van der Waals surface area contributed by atoms with Crippen molar-refractivity contribution < 1.29 is 9.53 Å². The summed E-state index contributed by atoms with van der Waals surface area (Å²) in [5.41, 5.74) is 0. The second-order valence-corrected chi connectivity index (χ2v) is 3.95. The first-order valence-corrected chi connectivity index (χ1v) is 4.95. The van der Waals surface area contributed by atoms with E-state index in [0.717, 1.165) is 19.0 Å². The number of ether oxygens (including phenoxy) is 1. The van der Waals surface area contributed by atoms with E-state index in [9.17, 15) is 4.79 Å². The van der Waals surface area contributed by atoms with Crippen LogP contribution in [-0.4, -0.2) is 44.0 Å². The Hall–Kier alpha value is -0.410. The van der Waals surface area contributed by atoms with Crippen molar-refractivity contribution in [2.45, 2.75) is 19.8 Å². The third-order valence-corrected chi connectivity index (χ3v) is 2.45. The smallest absolute Gasteiger partial charge is 0.172 e. The number of likely N-dealkylation sites (tertiary alicyclic amines) is 1. The third kappa shape index (κ3) is 3.87. The molecule has 0 saturated carbocycles. The predicted molar refractivity (Wildman–Crippen MR) is 51.7 cm³/mol. The number of rotatable bonds is 4. The lowest BCUT2D eigenvalue weighted by Crippen LogP contribution is -2.38. The van der Waals surface area contributed by atoms with Crippen molar-refractivity contribution in [3.8, 4) is 0 Å². The van der Waals surface area contributed by atoms with Crippen LogP contribution in [0.15, 0.2) is 0 Å². The average Bonchev–Trinajstić information content (AvgIpc) is 2.04. The van der Waals surface area contributed by atoms with Gasteiger partial charge in [0.05, 0.1) is 6.54 Å². The average molecular weight is 185 g/mol. The lowest BCUT2D eigenvalue weighted by atomic mass is 10.0. The summed E-state index contributed by atoms with van der Waals surface area (Å²) in [6.45, 7) is 5.20. The van der Waals surface area contributed by atoms with Crippen LogP contribution in [0.1, 0.15) is 19.8 Å². The zero-order valence-electron chi connectivity index (χ0n) is 8.58. The van der Waals surface area contributed by atoms with Crippen molar-refractivity contribution in [2.75, 3.05) is 33.4 Å². The zero-order valence-corrected chi connectivity index (χ0v) is 8.58. The lowest BCUT2D eigenvalue weighted by Gasteiger charge is -2.29. The maximum atomic E-state index is 11.3. The highest BCUT2D eigenvalue weighted by Crippen LogP contribution is 2.14. The zero-order chi connectivity index (χ0) is 9.68. The predicted octanol–water partition coefficient (Wildman–Crippen LogP) is 0.934. The van der Waals surface area contributed by atoms with Crippen molar-refractivity contribution >= 4 is 5.78 Å². The quantitative estimate of drug-likeness (QED) is 0.652. The van der Waals surface area contributed by atoms with Gasteiger partial charge in [-0.3, -0.25) is 9.69 Å². The van der Waals surface area contributed by atoms with Gasteiger partial charge in [0.25, 0.3) is 0 Å². The van der Waals surface area contributed by atoms with E-state index in [4.69, 9.17) is 4.74 Å². The fourth-order valence-corrected chi connectivity index (χ4v) is 1.89. The molecule has 13 heavy (non-hydrogen) atoms. The van der Waals surface area contributed by atoms with E-state index in [1.54, 1.807) is 7.11 Å². The molecule has 1 unspecified atom stereocenters. The number of nitrogens with zero attached hydrogens (tertiary/aromatic N) is 1. The van der Waals surface area contributed by atoms with Crippen LogP contribution >= 0.6 is 0 Å². The molecule has 0 aromatic rings. The first kappa shape index (κ1) is 10.7. The van der Waals surface area contributed by atoms with E-state index >= 15 is 0 Å². The Labute approximate surface area is 80.1 Å². The monoisotopic (exact) mass is 185 g/mol. The molecule has 0 aliphatic carbocycles. The summed E-state index contributed by atoms with van der Waals surface area (Å²) in [6.07, 6.45) is 2.52. The van der Waals surface area contributed by atoms with Gasteiger partial charge in [-0.05, 0) is 25.3 Å². The van der Waals surface area contributed by atoms with Crippen LogP contribution in [-0.2, 0) is 9.53 Å². The molecule has 1 fully saturated rings. The van der Waals surface area contributed by atoms with Crippen LogP contribution in [0.3, 0.4) is 0 Å². The van der Waals surface area contributed by atoms with Crippen LogP contribution in [0.5, 0.6) is 0 Å². The van der Waals surface area contributed by atoms with Gasteiger partial charge in [-0.25, -0.2) is 0 Å². The molecule has 0 bridgehead atoms. The molecule has 1 aliphatic rings.